The molecule has 0 radical (unpaired) electrons. The third-order valence-corrected chi connectivity index (χ3v) is 4.08. The molecule has 0 fully saturated rings. The molecule has 108 valence electrons. The Morgan fingerprint density at radius 3 is 2.06 bits per heavy atom. The fourth-order valence-electron chi connectivity index (χ4n) is 2.57. The number of hydrogen-bond donors (Lipinski definition) is 0. The molecule has 0 amide bonds. The molecule has 0 N–H and O–H groups in total. The van der Waals surface area contributed by atoms with Gasteiger partial charge in [0.1, 0.15) is 0 Å². The van der Waals surface area contributed by atoms with Crippen LogP contribution in [0.2, 0.25) is 0 Å². The van der Waals surface area contributed by atoms with Crippen molar-refractivity contribution in [2.45, 2.75) is 97.8 Å². The maximum Gasteiger partial charge on any atom is -0.0320 e. The fourth-order valence-corrected chi connectivity index (χ4v) is 2.57. The molecule has 0 aliphatic heterocycles. The Balaban J connectivity index is 3.55. The van der Waals surface area contributed by atoms with Crippen molar-refractivity contribution in [3.05, 3.63) is 12.2 Å². The molecule has 0 saturated heterocycles. The summed E-state index contributed by atoms with van der Waals surface area (Å²) in [7, 11) is 0. The molecule has 0 aliphatic carbocycles. The van der Waals surface area contributed by atoms with Gasteiger partial charge in [-0.1, -0.05) is 84.3 Å². The third-order valence-electron chi connectivity index (χ3n) is 4.08. The lowest BCUT2D eigenvalue weighted by atomic mass is 9.91. The number of allylic oxidation sites excluding steroid dienone is 1. The summed E-state index contributed by atoms with van der Waals surface area (Å²) in [6.45, 7) is 11.2. The van der Waals surface area contributed by atoms with E-state index in [-0.39, 0.29) is 0 Å². The van der Waals surface area contributed by atoms with Crippen LogP contribution in [0.1, 0.15) is 97.8 Å². The highest BCUT2D eigenvalue weighted by Crippen LogP contribution is 2.23. The Morgan fingerprint density at radius 1 is 0.778 bits per heavy atom. The van der Waals surface area contributed by atoms with Crippen LogP contribution in [0, 0.1) is 5.92 Å². The summed E-state index contributed by atoms with van der Waals surface area (Å²) in [6, 6.07) is 0. The van der Waals surface area contributed by atoms with Gasteiger partial charge >= 0.3 is 0 Å². The molecule has 0 aromatic carbocycles. The highest BCUT2D eigenvalue weighted by atomic mass is 14.1. The van der Waals surface area contributed by atoms with Gasteiger partial charge in [0.25, 0.3) is 0 Å². The van der Waals surface area contributed by atoms with E-state index in [0.29, 0.717) is 0 Å². The van der Waals surface area contributed by atoms with Crippen LogP contribution in [0.15, 0.2) is 12.2 Å². The third kappa shape index (κ3) is 10.9. The minimum absolute atomic E-state index is 0.949. The first kappa shape index (κ1) is 17.7. The molecular formula is C18H36. The van der Waals surface area contributed by atoms with Gasteiger partial charge in [0.2, 0.25) is 0 Å². The van der Waals surface area contributed by atoms with Crippen LogP contribution >= 0.6 is 0 Å². The largest absolute Gasteiger partial charge is 0.0999 e. The molecule has 0 heterocycles. The lowest BCUT2D eigenvalue weighted by Crippen LogP contribution is -2.00. The standard InChI is InChI=1S/C18H36/c1-5-8-10-12-14-18(7-3)16-15-17(4)13-11-9-6-2/h18H,4-16H2,1-3H3/t18-/m1/s1. The van der Waals surface area contributed by atoms with E-state index >= 15 is 0 Å². The van der Waals surface area contributed by atoms with Crippen LogP contribution in [0.25, 0.3) is 0 Å². The molecular weight excluding hydrogens is 216 g/mol. The second-order valence-electron chi connectivity index (χ2n) is 5.87. The van der Waals surface area contributed by atoms with Crippen molar-refractivity contribution >= 4 is 0 Å². The van der Waals surface area contributed by atoms with Crippen molar-refractivity contribution in [2.24, 2.45) is 5.92 Å². The summed E-state index contributed by atoms with van der Waals surface area (Å²) in [4.78, 5) is 0. The van der Waals surface area contributed by atoms with Gasteiger partial charge in [0.15, 0.2) is 0 Å². The van der Waals surface area contributed by atoms with Gasteiger partial charge < -0.3 is 0 Å². The zero-order valence-electron chi connectivity index (χ0n) is 13.3. The van der Waals surface area contributed by atoms with Crippen molar-refractivity contribution < 1.29 is 0 Å². The van der Waals surface area contributed by atoms with Crippen LogP contribution in [-0.4, -0.2) is 0 Å². The van der Waals surface area contributed by atoms with Crippen molar-refractivity contribution in [2.75, 3.05) is 0 Å². The Labute approximate surface area is 116 Å². The summed E-state index contributed by atoms with van der Waals surface area (Å²) in [6.07, 6.45) is 16.4. The minimum Gasteiger partial charge on any atom is -0.0999 e. The second-order valence-corrected chi connectivity index (χ2v) is 5.87. The second kappa shape index (κ2) is 13.2. The van der Waals surface area contributed by atoms with Crippen molar-refractivity contribution in [1.29, 1.82) is 0 Å². The average molecular weight is 252 g/mol. The number of hydrogen-bond acceptors (Lipinski definition) is 0. The average Bonchev–Trinajstić information content (AvgIpc) is 2.38. The van der Waals surface area contributed by atoms with Crippen molar-refractivity contribution in [1.82, 2.24) is 0 Å². The Bertz CT molecular complexity index is 180. The topological polar surface area (TPSA) is 0 Å². The lowest BCUT2D eigenvalue weighted by Gasteiger charge is -2.15. The first-order chi connectivity index (χ1) is 8.74. The Kier molecular flexibility index (Phi) is 13.0. The van der Waals surface area contributed by atoms with Gasteiger partial charge in [0, 0.05) is 0 Å². The Morgan fingerprint density at radius 2 is 1.44 bits per heavy atom. The quantitative estimate of drug-likeness (QED) is 0.247. The predicted octanol–water partition coefficient (Wildman–Crippen LogP) is 6.90. The minimum atomic E-state index is 0.949. The molecule has 0 rings (SSSR count). The van der Waals surface area contributed by atoms with E-state index in [1.54, 1.807) is 0 Å². The van der Waals surface area contributed by atoms with E-state index in [1.807, 2.05) is 0 Å². The molecule has 1 atom stereocenters. The molecule has 0 heteroatoms. The zero-order chi connectivity index (χ0) is 13.6. The van der Waals surface area contributed by atoms with E-state index in [2.05, 4.69) is 27.4 Å². The molecule has 0 saturated carbocycles. The maximum absolute atomic E-state index is 4.24. The van der Waals surface area contributed by atoms with E-state index < -0.39 is 0 Å². The van der Waals surface area contributed by atoms with E-state index in [1.165, 1.54) is 82.6 Å². The fraction of sp³-hybridized carbons (Fsp3) is 0.889. The van der Waals surface area contributed by atoms with Crippen LogP contribution in [0.5, 0.6) is 0 Å². The van der Waals surface area contributed by atoms with Gasteiger partial charge in [-0.05, 0) is 31.6 Å². The molecule has 0 bridgehead atoms. The highest BCUT2D eigenvalue weighted by Gasteiger charge is 2.06. The van der Waals surface area contributed by atoms with Crippen LogP contribution in [0.4, 0.5) is 0 Å². The zero-order valence-corrected chi connectivity index (χ0v) is 13.3. The van der Waals surface area contributed by atoms with Gasteiger partial charge in [0.05, 0.1) is 0 Å². The van der Waals surface area contributed by atoms with Gasteiger partial charge in [-0.15, -0.1) is 0 Å². The Hall–Kier alpha value is -0.260. The van der Waals surface area contributed by atoms with Crippen LogP contribution < -0.4 is 0 Å². The normalized spacial score (nSPS) is 12.6. The summed E-state index contributed by atoms with van der Waals surface area (Å²) in [5.74, 6) is 0.949. The molecule has 0 aromatic heterocycles. The first-order valence-electron chi connectivity index (χ1n) is 8.41. The predicted molar refractivity (Wildman–Crippen MR) is 85.1 cm³/mol. The van der Waals surface area contributed by atoms with Crippen molar-refractivity contribution in [3.8, 4) is 0 Å². The molecule has 0 aliphatic rings. The van der Waals surface area contributed by atoms with E-state index in [4.69, 9.17) is 0 Å². The SMILES string of the molecule is C=C(CCCCC)CC[C@H](CC)CCCCCC. The molecule has 0 unspecified atom stereocenters. The van der Waals surface area contributed by atoms with Crippen LogP contribution in [-0.2, 0) is 0 Å². The van der Waals surface area contributed by atoms with Gasteiger partial charge in [-0.3, -0.25) is 0 Å². The summed E-state index contributed by atoms with van der Waals surface area (Å²) in [5, 5.41) is 0. The lowest BCUT2D eigenvalue weighted by molar-refractivity contribution is 0.411. The monoisotopic (exact) mass is 252 g/mol. The maximum atomic E-state index is 4.24. The smallest absolute Gasteiger partial charge is 0.0320 e. The van der Waals surface area contributed by atoms with Crippen molar-refractivity contribution in [3.63, 3.8) is 0 Å². The van der Waals surface area contributed by atoms with Gasteiger partial charge in [-0.25, -0.2) is 0 Å². The molecule has 0 aromatic rings. The summed E-state index contributed by atoms with van der Waals surface area (Å²) < 4.78 is 0. The molecule has 18 heavy (non-hydrogen) atoms. The van der Waals surface area contributed by atoms with E-state index in [9.17, 15) is 0 Å². The highest BCUT2D eigenvalue weighted by molar-refractivity contribution is 4.93. The molecule has 0 spiro atoms. The summed E-state index contributed by atoms with van der Waals surface area (Å²) >= 11 is 0. The summed E-state index contributed by atoms with van der Waals surface area (Å²) in [5.41, 5.74) is 1.50. The number of unbranched alkanes of at least 4 members (excludes halogenated alkanes) is 5. The van der Waals surface area contributed by atoms with E-state index in [0.717, 1.165) is 5.92 Å². The first-order valence-corrected chi connectivity index (χ1v) is 8.41. The van der Waals surface area contributed by atoms with Gasteiger partial charge in [-0.2, -0.15) is 0 Å². The number of rotatable bonds is 13. The molecule has 0 nitrogen and oxygen atoms in total. The van der Waals surface area contributed by atoms with Crippen LogP contribution in [0.3, 0.4) is 0 Å².